The number of hydrogen-bond acceptors (Lipinski definition) is 5. The average Bonchev–Trinajstić information content (AvgIpc) is 3.33. The molecule has 1 aliphatic carbocycles. The summed E-state index contributed by atoms with van der Waals surface area (Å²) in [6.07, 6.45) is 8.76. The van der Waals surface area contributed by atoms with Gasteiger partial charge in [-0.05, 0) is 71.8 Å². The lowest BCUT2D eigenvalue weighted by Crippen LogP contribution is -2.58. The number of carbonyl (C=O) groups excluding carboxylic acids is 2. The summed E-state index contributed by atoms with van der Waals surface area (Å²) in [5.74, 6) is 0. The Morgan fingerprint density at radius 1 is 1.16 bits per heavy atom. The minimum absolute atomic E-state index is 0.159. The van der Waals surface area contributed by atoms with Gasteiger partial charge in [0.15, 0.2) is 0 Å². The Hall–Kier alpha value is -1.76. The SMILES string of the molecule is CCOC(=O)N1CC2(CCC(N3CC=C([C@@H]4CCCN4C(=O)OC(C)(C)C)CC3)C2)C1. The van der Waals surface area contributed by atoms with Crippen LogP contribution in [0.4, 0.5) is 9.59 Å². The molecule has 2 saturated heterocycles. The van der Waals surface area contributed by atoms with Gasteiger partial charge >= 0.3 is 12.2 Å². The highest BCUT2D eigenvalue weighted by molar-refractivity contribution is 5.70. The van der Waals surface area contributed by atoms with Crippen molar-refractivity contribution in [2.75, 3.05) is 39.3 Å². The highest BCUT2D eigenvalue weighted by Crippen LogP contribution is 2.47. The Kier molecular flexibility index (Phi) is 6.25. The zero-order chi connectivity index (χ0) is 22.2. The second kappa shape index (κ2) is 8.64. The highest BCUT2D eigenvalue weighted by Gasteiger charge is 2.51. The Bertz CT molecular complexity index is 723. The monoisotopic (exact) mass is 433 g/mol. The fourth-order valence-electron chi connectivity index (χ4n) is 5.91. The van der Waals surface area contributed by atoms with Crippen molar-refractivity contribution in [1.82, 2.24) is 14.7 Å². The molecule has 0 bridgehead atoms. The van der Waals surface area contributed by atoms with E-state index in [0.29, 0.717) is 18.1 Å². The van der Waals surface area contributed by atoms with E-state index in [9.17, 15) is 9.59 Å². The van der Waals surface area contributed by atoms with Gasteiger partial charge in [-0.15, -0.1) is 0 Å². The third kappa shape index (κ3) is 4.86. The third-order valence-electron chi connectivity index (χ3n) is 7.36. The van der Waals surface area contributed by atoms with E-state index in [1.807, 2.05) is 37.5 Å². The molecule has 7 nitrogen and oxygen atoms in total. The van der Waals surface area contributed by atoms with Crippen LogP contribution in [-0.2, 0) is 9.47 Å². The quantitative estimate of drug-likeness (QED) is 0.629. The lowest BCUT2D eigenvalue weighted by Gasteiger charge is -2.48. The number of rotatable bonds is 3. The van der Waals surface area contributed by atoms with E-state index in [0.717, 1.165) is 52.0 Å². The van der Waals surface area contributed by atoms with Crippen molar-refractivity contribution in [3.05, 3.63) is 11.6 Å². The van der Waals surface area contributed by atoms with E-state index in [1.165, 1.54) is 24.8 Å². The van der Waals surface area contributed by atoms with Gasteiger partial charge in [0.1, 0.15) is 5.60 Å². The van der Waals surface area contributed by atoms with E-state index >= 15 is 0 Å². The fraction of sp³-hybridized carbons (Fsp3) is 0.833. The first kappa shape index (κ1) is 22.4. The van der Waals surface area contributed by atoms with Crippen LogP contribution in [0.15, 0.2) is 11.6 Å². The maximum absolute atomic E-state index is 12.6. The van der Waals surface area contributed by atoms with Gasteiger partial charge in [0.05, 0.1) is 12.6 Å². The van der Waals surface area contributed by atoms with E-state index in [-0.39, 0.29) is 18.2 Å². The molecule has 3 aliphatic heterocycles. The van der Waals surface area contributed by atoms with Crippen LogP contribution in [0, 0.1) is 5.41 Å². The average molecular weight is 434 g/mol. The van der Waals surface area contributed by atoms with Crippen LogP contribution in [0.5, 0.6) is 0 Å². The lowest BCUT2D eigenvalue weighted by molar-refractivity contribution is -0.00256. The second-order valence-corrected chi connectivity index (χ2v) is 10.8. The van der Waals surface area contributed by atoms with Crippen LogP contribution < -0.4 is 0 Å². The molecule has 3 fully saturated rings. The molecular formula is C24H39N3O4. The number of hydrogen-bond donors (Lipinski definition) is 0. The molecular weight excluding hydrogens is 394 g/mol. The zero-order valence-corrected chi connectivity index (χ0v) is 19.7. The standard InChI is InChI=1S/C24H39N3O4/c1-5-30-21(28)26-16-24(17-26)11-8-19(15-24)25-13-9-18(10-14-25)20-7-6-12-27(20)22(29)31-23(2,3)4/h9,19-20H,5-8,10-17H2,1-4H3/t19?,20-/m0/s1. The highest BCUT2D eigenvalue weighted by atomic mass is 16.6. The molecule has 0 aromatic rings. The molecule has 3 heterocycles. The first-order valence-electron chi connectivity index (χ1n) is 12.0. The topological polar surface area (TPSA) is 62.3 Å². The van der Waals surface area contributed by atoms with Gasteiger partial charge in [0.2, 0.25) is 0 Å². The van der Waals surface area contributed by atoms with Gasteiger partial charge in [-0.2, -0.15) is 0 Å². The Morgan fingerprint density at radius 2 is 1.94 bits per heavy atom. The molecule has 0 N–H and O–H groups in total. The number of carbonyl (C=O) groups is 2. The molecule has 1 unspecified atom stereocenters. The molecule has 2 amide bonds. The number of amides is 2. The van der Waals surface area contributed by atoms with E-state index in [1.54, 1.807) is 0 Å². The van der Waals surface area contributed by atoms with E-state index in [2.05, 4.69) is 11.0 Å². The summed E-state index contributed by atoms with van der Waals surface area (Å²) in [5, 5.41) is 0. The Labute approximate surface area is 186 Å². The smallest absolute Gasteiger partial charge is 0.410 e. The molecule has 0 aromatic heterocycles. The molecule has 0 aromatic carbocycles. The molecule has 1 saturated carbocycles. The minimum atomic E-state index is -0.454. The molecule has 4 aliphatic rings. The number of nitrogens with zero attached hydrogens (tertiary/aromatic N) is 3. The Balaban J connectivity index is 1.29. The van der Waals surface area contributed by atoms with Crippen molar-refractivity contribution in [2.24, 2.45) is 5.41 Å². The third-order valence-corrected chi connectivity index (χ3v) is 7.36. The van der Waals surface area contributed by atoms with Gasteiger partial charge in [0.25, 0.3) is 0 Å². The molecule has 1 spiro atoms. The molecule has 2 atom stereocenters. The molecule has 31 heavy (non-hydrogen) atoms. The predicted octanol–water partition coefficient (Wildman–Crippen LogP) is 4.03. The molecule has 4 rings (SSSR count). The second-order valence-electron chi connectivity index (χ2n) is 10.8. The summed E-state index contributed by atoms with van der Waals surface area (Å²) in [6, 6.07) is 0.810. The van der Waals surface area contributed by atoms with Gasteiger partial charge < -0.3 is 19.3 Å². The lowest BCUT2D eigenvalue weighted by atomic mass is 9.78. The van der Waals surface area contributed by atoms with Crippen LogP contribution in [0.3, 0.4) is 0 Å². The molecule has 0 radical (unpaired) electrons. The largest absolute Gasteiger partial charge is 0.450 e. The molecule has 7 heteroatoms. The van der Waals surface area contributed by atoms with Crippen LogP contribution in [-0.4, -0.2) is 83.9 Å². The van der Waals surface area contributed by atoms with Gasteiger partial charge in [-0.1, -0.05) is 6.08 Å². The maximum atomic E-state index is 12.6. The summed E-state index contributed by atoms with van der Waals surface area (Å²) in [5.41, 5.74) is 1.26. The van der Waals surface area contributed by atoms with Crippen LogP contribution in [0.2, 0.25) is 0 Å². The summed E-state index contributed by atoms with van der Waals surface area (Å²) < 4.78 is 10.8. The minimum Gasteiger partial charge on any atom is -0.450 e. The summed E-state index contributed by atoms with van der Waals surface area (Å²) >= 11 is 0. The first-order valence-corrected chi connectivity index (χ1v) is 12.0. The predicted molar refractivity (Wildman–Crippen MR) is 119 cm³/mol. The van der Waals surface area contributed by atoms with Crippen molar-refractivity contribution in [3.63, 3.8) is 0 Å². The van der Waals surface area contributed by atoms with E-state index in [4.69, 9.17) is 9.47 Å². The Morgan fingerprint density at radius 3 is 2.58 bits per heavy atom. The fourth-order valence-corrected chi connectivity index (χ4v) is 5.91. The normalized spacial score (nSPS) is 28.5. The number of ether oxygens (including phenoxy) is 2. The van der Waals surface area contributed by atoms with Crippen molar-refractivity contribution < 1.29 is 19.1 Å². The zero-order valence-electron chi connectivity index (χ0n) is 19.7. The first-order chi connectivity index (χ1) is 14.7. The summed E-state index contributed by atoms with van der Waals surface area (Å²) in [4.78, 5) is 31.0. The van der Waals surface area contributed by atoms with Crippen LogP contribution in [0.1, 0.15) is 66.2 Å². The van der Waals surface area contributed by atoms with Crippen LogP contribution >= 0.6 is 0 Å². The van der Waals surface area contributed by atoms with Gasteiger partial charge in [-0.25, -0.2) is 9.59 Å². The maximum Gasteiger partial charge on any atom is 0.410 e. The van der Waals surface area contributed by atoms with Crippen molar-refractivity contribution in [2.45, 2.75) is 83.9 Å². The van der Waals surface area contributed by atoms with Crippen molar-refractivity contribution >= 4 is 12.2 Å². The van der Waals surface area contributed by atoms with Crippen LogP contribution in [0.25, 0.3) is 0 Å². The molecule has 174 valence electrons. The van der Waals surface area contributed by atoms with Gasteiger partial charge in [0, 0.05) is 44.2 Å². The van der Waals surface area contributed by atoms with E-state index < -0.39 is 5.60 Å². The van der Waals surface area contributed by atoms with Crippen molar-refractivity contribution in [1.29, 1.82) is 0 Å². The van der Waals surface area contributed by atoms with Gasteiger partial charge in [-0.3, -0.25) is 4.90 Å². The van der Waals surface area contributed by atoms with Crippen molar-refractivity contribution in [3.8, 4) is 0 Å². The number of likely N-dealkylation sites (tertiary alicyclic amines) is 2. The summed E-state index contributed by atoms with van der Waals surface area (Å²) in [6.45, 7) is 12.6. The summed E-state index contributed by atoms with van der Waals surface area (Å²) in [7, 11) is 0.